The molecule has 43 heavy (non-hydrogen) atoms. The minimum absolute atomic E-state index is 0. The van der Waals surface area contributed by atoms with Crippen LogP contribution >= 0.6 is 0 Å². The molecule has 8 nitrogen and oxygen atoms in total. The minimum Gasteiger partial charge on any atom is -0.481 e. The topological polar surface area (TPSA) is 132 Å². The fraction of sp³-hybridized carbons (Fsp3) is 0.235. The van der Waals surface area contributed by atoms with Crippen LogP contribution in [-0.4, -0.2) is 42.1 Å². The standard InChI is InChI=1S/C34H34N4O4.Ag/c1-7-21-17(3)25-13-26-19(5)23(9-11-33(39)40)31(37-26)16-32-24(10-12-34(41)42)20(6)28(38-32)15-30-22(8-2)18(4)27(36-30)14-29(21)35-25;/h7-8,13-16,35-36H,1-2,9-12H2,3-6H3,(H,39,40)(H,41,42);. The molecule has 0 spiro atoms. The van der Waals surface area contributed by atoms with Gasteiger partial charge in [0.25, 0.3) is 0 Å². The molecule has 3 aromatic heterocycles. The third-order valence-electron chi connectivity index (χ3n) is 8.22. The molecule has 5 rings (SSSR count). The fourth-order valence-corrected chi connectivity index (χ4v) is 5.77. The van der Waals surface area contributed by atoms with Crippen LogP contribution in [-0.2, 0) is 32.0 Å². The number of hydrogen-bond acceptors (Lipinski definition) is 4. The van der Waals surface area contributed by atoms with Crippen molar-refractivity contribution in [2.75, 3.05) is 0 Å². The Balaban J connectivity index is 0.00000423. The number of carboxylic acids is 2. The summed E-state index contributed by atoms with van der Waals surface area (Å²) in [6.07, 6.45) is 4.20. The van der Waals surface area contributed by atoms with Crippen LogP contribution in [0.3, 0.4) is 0 Å². The maximum atomic E-state index is 11.5. The fourth-order valence-electron chi connectivity index (χ4n) is 5.77. The van der Waals surface area contributed by atoms with Gasteiger partial charge in [0.2, 0.25) is 0 Å². The van der Waals surface area contributed by atoms with Gasteiger partial charge in [0.05, 0.1) is 22.8 Å². The molecule has 1 radical (unpaired) electrons. The van der Waals surface area contributed by atoms with Crippen molar-refractivity contribution in [2.45, 2.75) is 53.4 Å². The second-order valence-electron chi connectivity index (χ2n) is 10.7. The summed E-state index contributed by atoms with van der Waals surface area (Å²) >= 11 is 0. The van der Waals surface area contributed by atoms with Crippen molar-refractivity contribution in [3.05, 3.63) is 82.5 Å². The molecule has 0 saturated carbocycles. The van der Waals surface area contributed by atoms with Gasteiger partial charge in [-0.1, -0.05) is 25.3 Å². The van der Waals surface area contributed by atoms with Gasteiger partial charge >= 0.3 is 11.9 Å². The maximum Gasteiger partial charge on any atom is 0.303 e. The Morgan fingerprint density at radius 2 is 1.07 bits per heavy atom. The van der Waals surface area contributed by atoms with Gasteiger partial charge in [-0.15, -0.1) is 0 Å². The first-order chi connectivity index (χ1) is 20.0. The Bertz CT molecular complexity index is 1920. The van der Waals surface area contributed by atoms with Gasteiger partial charge in [0.15, 0.2) is 0 Å². The van der Waals surface area contributed by atoms with Gasteiger partial charge in [-0.05, 0) is 98.2 Å². The normalized spacial score (nSPS) is 12.7. The molecule has 8 bridgehead atoms. The number of carbonyl (C=O) groups is 2. The first-order valence-electron chi connectivity index (χ1n) is 13.9. The zero-order valence-electron chi connectivity index (χ0n) is 24.6. The zero-order chi connectivity index (χ0) is 30.3. The summed E-state index contributed by atoms with van der Waals surface area (Å²) in [5.74, 6) is -1.78. The van der Waals surface area contributed by atoms with Crippen molar-refractivity contribution in [1.82, 2.24) is 19.9 Å². The predicted octanol–water partition coefficient (Wildman–Crippen LogP) is 7.81. The summed E-state index contributed by atoms with van der Waals surface area (Å²) in [6, 6.07) is 7.88. The number of aromatic nitrogens is 4. The van der Waals surface area contributed by atoms with Crippen LogP contribution in [0.25, 0.3) is 56.5 Å². The van der Waals surface area contributed by atoms with Crippen molar-refractivity contribution in [3.63, 3.8) is 0 Å². The van der Waals surface area contributed by atoms with E-state index in [4.69, 9.17) is 9.97 Å². The second kappa shape index (κ2) is 12.6. The SMILES string of the molecule is C=Cc1c(C)c2cc3[nH]c(cc4nc(cc5nc(cc1[nH]2)C(C)=C5CCC(=O)O)C(CCC(=O)O)=C4C)c(C)c3C=C.[Ag]. The molecule has 2 aliphatic heterocycles. The quantitative estimate of drug-likeness (QED) is 0.181. The number of carboxylic acid groups (broad SMARTS) is 2. The second-order valence-corrected chi connectivity index (χ2v) is 10.7. The average Bonchev–Trinajstić information content (AvgIpc) is 3.59. The largest absolute Gasteiger partial charge is 0.481 e. The van der Waals surface area contributed by atoms with E-state index in [2.05, 4.69) is 29.2 Å². The summed E-state index contributed by atoms with van der Waals surface area (Å²) in [5, 5.41) is 18.9. The van der Waals surface area contributed by atoms with E-state index in [1.165, 1.54) is 0 Å². The van der Waals surface area contributed by atoms with Gasteiger partial charge in [-0.25, -0.2) is 9.97 Å². The summed E-state index contributed by atoms with van der Waals surface area (Å²) in [6.45, 7) is 16.1. The third-order valence-corrected chi connectivity index (χ3v) is 8.22. The van der Waals surface area contributed by atoms with Crippen LogP contribution in [0.2, 0.25) is 0 Å². The van der Waals surface area contributed by atoms with Crippen molar-refractivity contribution < 1.29 is 42.2 Å². The first-order valence-corrected chi connectivity index (χ1v) is 13.9. The Morgan fingerprint density at radius 1 is 0.674 bits per heavy atom. The van der Waals surface area contributed by atoms with Crippen LogP contribution in [0.5, 0.6) is 0 Å². The summed E-state index contributed by atoms with van der Waals surface area (Å²) in [4.78, 5) is 40.0. The molecule has 0 atom stereocenters. The molecule has 9 heteroatoms. The van der Waals surface area contributed by atoms with E-state index in [9.17, 15) is 19.8 Å². The number of hydrogen-bond donors (Lipinski definition) is 4. The van der Waals surface area contributed by atoms with Crippen molar-refractivity contribution in [2.24, 2.45) is 0 Å². The van der Waals surface area contributed by atoms with Crippen LogP contribution in [0.4, 0.5) is 0 Å². The molecule has 0 unspecified atom stereocenters. The van der Waals surface area contributed by atoms with Gasteiger partial charge in [-0.3, -0.25) is 9.59 Å². The Hall–Kier alpha value is -4.24. The molecule has 0 fully saturated rings. The minimum atomic E-state index is -0.889. The number of aromatic amines is 2. The van der Waals surface area contributed by atoms with Crippen molar-refractivity contribution in [3.8, 4) is 0 Å². The molecule has 225 valence electrons. The van der Waals surface area contributed by atoms with Crippen LogP contribution in [0.15, 0.2) is 37.4 Å². The van der Waals surface area contributed by atoms with E-state index in [-0.39, 0.29) is 35.2 Å². The molecule has 0 aromatic carbocycles. The molecular weight excluding hydrogens is 636 g/mol. The summed E-state index contributed by atoms with van der Waals surface area (Å²) < 4.78 is 0. The van der Waals surface area contributed by atoms with E-state index in [0.29, 0.717) is 24.2 Å². The molecule has 0 saturated heterocycles. The van der Waals surface area contributed by atoms with E-state index < -0.39 is 11.9 Å². The molecule has 5 heterocycles. The predicted molar refractivity (Wildman–Crippen MR) is 169 cm³/mol. The molecule has 2 aliphatic rings. The van der Waals surface area contributed by atoms with E-state index >= 15 is 0 Å². The number of allylic oxidation sites excluding steroid dienone is 4. The number of aliphatic carboxylic acids is 2. The van der Waals surface area contributed by atoms with Gasteiger partial charge in [0.1, 0.15) is 0 Å². The smallest absolute Gasteiger partial charge is 0.303 e. The van der Waals surface area contributed by atoms with E-state index in [1.807, 2.05) is 58.0 Å². The number of aryl methyl sites for hydroxylation is 2. The Kier molecular flexibility index (Phi) is 9.25. The number of nitrogens with zero attached hydrogens (tertiary/aromatic N) is 2. The molecular formula is C34H34AgN4O4. The van der Waals surface area contributed by atoms with Crippen molar-refractivity contribution >= 4 is 68.4 Å². The van der Waals surface area contributed by atoms with E-state index in [1.54, 1.807) is 0 Å². The first kappa shape index (κ1) is 31.7. The van der Waals surface area contributed by atoms with Crippen molar-refractivity contribution in [1.29, 1.82) is 0 Å². The summed E-state index contributed by atoms with van der Waals surface area (Å²) in [5.41, 5.74) is 13.7. The number of nitrogens with one attached hydrogen (secondary N) is 2. The van der Waals surface area contributed by atoms with Crippen LogP contribution in [0, 0.1) is 13.8 Å². The summed E-state index contributed by atoms with van der Waals surface area (Å²) in [7, 11) is 0. The third kappa shape index (κ3) is 5.99. The zero-order valence-corrected chi connectivity index (χ0v) is 26.1. The molecule has 0 amide bonds. The average molecular weight is 671 g/mol. The Morgan fingerprint density at radius 3 is 1.49 bits per heavy atom. The monoisotopic (exact) mass is 669 g/mol. The van der Waals surface area contributed by atoms with Crippen LogP contribution < -0.4 is 0 Å². The van der Waals surface area contributed by atoms with Gasteiger partial charge in [0, 0.05) is 68.4 Å². The van der Waals surface area contributed by atoms with Gasteiger partial charge in [-0.2, -0.15) is 0 Å². The molecule has 4 N–H and O–H groups in total. The maximum absolute atomic E-state index is 11.5. The molecule has 0 aliphatic carbocycles. The number of H-pyrrole nitrogens is 2. The Labute approximate surface area is 265 Å². The number of fused-ring (bicyclic) bond motifs is 8. The molecule has 3 aromatic rings. The number of rotatable bonds is 8. The van der Waals surface area contributed by atoms with Crippen LogP contribution in [0.1, 0.15) is 84.6 Å². The van der Waals surface area contributed by atoms with E-state index in [0.717, 1.165) is 78.0 Å². The van der Waals surface area contributed by atoms with Gasteiger partial charge < -0.3 is 20.2 Å².